The number of nitrogen functional groups attached to an aromatic ring is 1. The van der Waals surface area contributed by atoms with Gasteiger partial charge in [-0.25, -0.2) is 9.78 Å². The van der Waals surface area contributed by atoms with Crippen molar-refractivity contribution in [2.75, 3.05) is 18.9 Å². The molecule has 1 heterocycles. The van der Waals surface area contributed by atoms with Gasteiger partial charge in [-0.3, -0.25) is 4.79 Å². The number of esters is 2. The summed E-state index contributed by atoms with van der Waals surface area (Å²) >= 11 is 1.16. The molecule has 1 atom stereocenters. The second kappa shape index (κ2) is 9.33. The molecule has 4 N–H and O–H groups in total. The number of thiazole rings is 1. The first kappa shape index (κ1) is 20.8. The average molecular weight is 372 g/mol. The van der Waals surface area contributed by atoms with E-state index in [1.165, 1.54) is 0 Å². The first-order valence-electron chi connectivity index (χ1n) is 7.71. The van der Waals surface area contributed by atoms with Crippen LogP contribution in [0.15, 0.2) is 10.5 Å². The highest BCUT2D eigenvalue weighted by Crippen LogP contribution is 2.13. The topological polar surface area (TPSA) is 139 Å². The molecule has 0 radical (unpaired) electrons. The van der Waals surface area contributed by atoms with Crippen molar-refractivity contribution in [3.05, 3.63) is 11.1 Å². The maximum absolute atomic E-state index is 11.9. The van der Waals surface area contributed by atoms with Crippen LogP contribution in [0.4, 0.5) is 5.13 Å². The van der Waals surface area contributed by atoms with E-state index in [2.05, 4.69) is 10.1 Å². The summed E-state index contributed by atoms with van der Waals surface area (Å²) in [5.41, 5.74) is 10.9. The van der Waals surface area contributed by atoms with Crippen molar-refractivity contribution in [3.63, 3.8) is 0 Å². The van der Waals surface area contributed by atoms with Crippen molar-refractivity contribution in [2.45, 2.75) is 45.8 Å². The van der Waals surface area contributed by atoms with E-state index < -0.39 is 23.6 Å². The number of rotatable bonds is 8. The Kier molecular flexibility index (Phi) is 7.78. The second-order valence-corrected chi connectivity index (χ2v) is 6.88. The molecule has 0 fully saturated rings. The van der Waals surface area contributed by atoms with E-state index in [0.29, 0.717) is 5.13 Å². The first-order valence-corrected chi connectivity index (χ1v) is 8.59. The quantitative estimate of drug-likeness (QED) is 0.299. The number of oxime groups is 1. The number of ether oxygens (including phenoxy) is 2. The molecule has 0 amide bonds. The largest absolute Gasteiger partial charge is 0.461 e. The highest BCUT2D eigenvalue weighted by atomic mass is 32.1. The van der Waals surface area contributed by atoms with Gasteiger partial charge >= 0.3 is 11.9 Å². The third kappa shape index (κ3) is 7.48. The van der Waals surface area contributed by atoms with Crippen molar-refractivity contribution in [2.24, 2.45) is 10.9 Å². The lowest BCUT2D eigenvalue weighted by Crippen LogP contribution is -2.38. The van der Waals surface area contributed by atoms with Crippen molar-refractivity contribution in [1.82, 2.24) is 4.98 Å². The van der Waals surface area contributed by atoms with E-state index in [4.69, 9.17) is 25.8 Å². The molecule has 0 saturated heterocycles. The van der Waals surface area contributed by atoms with Crippen LogP contribution >= 0.6 is 11.3 Å². The van der Waals surface area contributed by atoms with Crippen LogP contribution in [0.1, 0.15) is 39.8 Å². The number of hydrogen-bond acceptors (Lipinski definition) is 10. The molecule has 1 rings (SSSR count). The molecular formula is C15H24N4O5S. The smallest absolute Gasteiger partial charge is 0.362 e. The molecule has 9 nitrogen and oxygen atoms in total. The molecule has 140 valence electrons. The predicted molar refractivity (Wildman–Crippen MR) is 94.1 cm³/mol. The molecule has 0 saturated carbocycles. The van der Waals surface area contributed by atoms with Gasteiger partial charge in [-0.2, -0.15) is 0 Å². The van der Waals surface area contributed by atoms with Gasteiger partial charge in [0.15, 0.2) is 5.13 Å². The molecule has 0 aliphatic heterocycles. The Morgan fingerprint density at radius 1 is 1.40 bits per heavy atom. The normalized spacial score (nSPS) is 13.2. The van der Waals surface area contributed by atoms with Crippen LogP contribution < -0.4 is 11.5 Å². The monoisotopic (exact) mass is 372 g/mol. The van der Waals surface area contributed by atoms with E-state index in [1.807, 2.05) is 0 Å². The van der Waals surface area contributed by atoms with Crippen LogP contribution in [-0.4, -0.2) is 47.5 Å². The third-order valence-electron chi connectivity index (χ3n) is 2.62. The number of nitrogens with two attached hydrogens (primary N) is 2. The summed E-state index contributed by atoms with van der Waals surface area (Å²) in [5.74, 6) is -1.21. The summed E-state index contributed by atoms with van der Waals surface area (Å²) in [7, 11) is 0. The summed E-state index contributed by atoms with van der Waals surface area (Å²) in [5, 5.41) is 5.62. The van der Waals surface area contributed by atoms with Gasteiger partial charge in [0, 0.05) is 11.8 Å². The summed E-state index contributed by atoms with van der Waals surface area (Å²) < 4.78 is 10.1. The van der Waals surface area contributed by atoms with Crippen LogP contribution in [0.5, 0.6) is 0 Å². The summed E-state index contributed by atoms with van der Waals surface area (Å²) in [6.45, 7) is 7.13. The fraction of sp³-hybridized carbons (Fsp3) is 0.600. The molecule has 0 aliphatic carbocycles. The first-order chi connectivity index (χ1) is 11.6. The number of aromatic nitrogens is 1. The van der Waals surface area contributed by atoms with Gasteiger partial charge in [-0.15, -0.1) is 11.3 Å². The molecule has 1 unspecified atom stereocenters. The number of carbonyl (C=O) groups is 2. The van der Waals surface area contributed by atoms with Gasteiger partial charge in [0.05, 0.1) is 6.61 Å². The lowest BCUT2D eigenvalue weighted by molar-refractivity contribution is -0.157. The highest BCUT2D eigenvalue weighted by molar-refractivity contribution is 7.13. The Morgan fingerprint density at radius 3 is 2.60 bits per heavy atom. The molecule has 0 aliphatic rings. The van der Waals surface area contributed by atoms with Gasteiger partial charge in [0.2, 0.25) is 5.71 Å². The fourth-order valence-corrected chi connectivity index (χ4v) is 2.12. The van der Waals surface area contributed by atoms with E-state index in [9.17, 15) is 9.59 Å². The highest BCUT2D eigenvalue weighted by Gasteiger charge is 2.23. The van der Waals surface area contributed by atoms with Gasteiger partial charge in [0.25, 0.3) is 0 Å². The molecule has 0 aromatic carbocycles. The predicted octanol–water partition coefficient (Wildman–Crippen LogP) is 1.07. The maximum atomic E-state index is 11.9. The Morgan fingerprint density at radius 2 is 2.08 bits per heavy atom. The Balaban J connectivity index is 2.63. The molecule has 10 heteroatoms. The minimum atomic E-state index is -0.851. The van der Waals surface area contributed by atoms with E-state index in [1.54, 1.807) is 33.1 Å². The molecule has 1 aromatic heterocycles. The zero-order valence-corrected chi connectivity index (χ0v) is 15.6. The standard InChI is InChI=1S/C15H24N4O5S/c1-5-22-13(21)11(10-8-25-14(17)18-10)19-23-7-6-9(16)12(20)24-15(2,3)4/h8-9H,5-7,16H2,1-4H3,(H2,17,18)/b19-11-. The SMILES string of the molecule is CCOC(=O)/C(=N\OCCC(N)C(=O)OC(C)(C)C)c1csc(N)n1. The number of carbonyl (C=O) groups excluding carboxylic acids is 2. The zero-order valence-electron chi connectivity index (χ0n) is 14.8. The van der Waals surface area contributed by atoms with E-state index in [-0.39, 0.29) is 31.0 Å². The molecule has 1 aromatic rings. The van der Waals surface area contributed by atoms with Crippen molar-refractivity contribution < 1.29 is 23.9 Å². The lowest BCUT2D eigenvalue weighted by Gasteiger charge is -2.21. The van der Waals surface area contributed by atoms with Gasteiger partial charge in [0.1, 0.15) is 23.9 Å². The number of nitrogens with zero attached hydrogens (tertiary/aromatic N) is 2. The van der Waals surface area contributed by atoms with Crippen LogP contribution in [-0.2, 0) is 23.9 Å². The van der Waals surface area contributed by atoms with E-state index >= 15 is 0 Å². The summed E-state index contributed by atoms with van der Waals surface area (Å²) in [6, 6.07) is -0.851. The molecule has 25 heavy (non-hydrogen) atoms. The zero-order chi connectivity index (χ0) is 19.0. The second-order valence-electron chi connectivity index (χ2n) is 5.99. The minimum Gasteiger partial charge on any atom is -0.461 e. The summed E-state index contributed by atoms with van der Waals surface area (Å²) in [4.78, 5) is 32.8. The van der Waals surface area contributed by atoms with Crippen LogP contribution in [0.2, 0.25) is 0 Å². The van der Waals surface area contributed by atoms with Gasteiger partial charge < -0.3 is 25.8 Å². The average Bonchev–Trinajstić information content (AvgIpc) is 2.91. The third-order valence-corrected chi connectivity index (χ3v) is 3.29. The van der Waals surface area contributed by atoms with E-state index in [0.717, 1.165) is 11.3 Å². The lowest BCUT2D eigenvalue weighted by atomic mass is 10.2. The molecule has 0 spiro atoms. The minimum absolute atomic E-state index is 0.0168. The van der Waals surface area contributed by atoms with Crippen molar-refractivity contribution in [3.8, 4) is 0 Å². The van der Waals surface area contributed by atoms with Gasteiger partial charge in [-0.05, 0) is 27.7 Å². The molecular weight excluding hydrogens is 348 g/mol. The molecule has 0 bridgehead atoms. The Hall–Kier alpha value is -2.20. The van der Waals surface area contributed by atoms with Gasteiger partial charge in [-0.1, -0.05) is 5.16 Å². The van der Waals surface area contributed by atoms with Crippen LogP contribution in [0.3, 0.4) is 0 Å². The van der Waals surface area contributed by atoms with Crippen LogP contribution in [0, 0.1) is 0 Å². The fourth-order valence-electron chi connectivity index (χ4n) is 1.57. The summed E-state index contributed by atoms with van der Waals surface area (Å²) in [6.07, 6.45) is 0.174. The van der Waals surface area contributed by atoms with Crippen molar-refractivity contribution in [1.29, 1.82) is 0 Å². The number of hydrogen-bond donors (Lipinski definition) is 2. The number of anilines is 1. The van der Waals surface area contributed by atoms with Crippen LogP contribution in [0.25, 0.3) is 0 Å². The maximum Gasteiger partial charge on any atom is 0.362 e. The Bertz CT molecular complexity index is 624. The Labute approximate surface area is 150 Å². The van der Waals surface area contributed by atoms with Crippen molar-refractivity contribution >= 4 is 34.1 Å².